The third-order valence-electron chi connectivity index (χ3n) is 6.90. The highest BCUT2D eigenvalue weighted by Crippen LogP contribution is 2.44. The number of nitrogens with one attached hydrogen (secondary N) is 2. The minimum atomic E-state index is -4.99. The molecule has 5 heterocycles. The number of carbonyl (C=O) groups excluding carboxylic acids is 2. The van der Waals surface area contributed by atoms with Gasteiger partial charge in [0.05, 0.1) is 23.1 Å². The highest BCUT2D eigenvalue weighted by molar-refractivity contribution is 7.17. The SMILES string of the molecule is O=C(NC1CCOC1)c1nc(C(=O)N2C3CCC2CC3)c(-c2cnc(NCC(F)(F)F)cc2C(F)(F)F)s1. The van der Waals surface area contributed by atoms with Crippen molar-refractivity contribution >= 4 is 29.0 Å². The van der Waals surface area contributed by atoms with Crippen LogP contribution in [-0.2, 0) is 10.9 Å². The second kappa shape index (κ2) is 9.98. The predicted molar refractivity (Wildman–Crippen MR) is 124 cm³/mol. The van der Waals surface area contributed by atoms with Crippen molar-refractivity contribution in [2.45, 2.75) is 62.6 Å². The lowest BCUT2D eigenvalue weighted by atomic mass is 10.0. The number of anilines is 1. The molecule has 38 heavy (non-hydrogen) atoms. The zero-order valence-electron chi connectivity index (χ0n) is 19.8. The van der Waals surface area contributed by atoms with Crippen molar-refractivity contribution in [1.29, 1.82) is 0 Å². The fourth-order valence-electron chi connectivity index (χ4n) is 5.17. The maximum Gasteiger partial charge on any atom is 0.417 e. The summed E-state index contributed by atoms with van der Waals surface area (Å²) in [6, 6.07) is 0.0626. The van der Waals surface area contributed by atoms with Crippen LogP contribution >= 0.6 is 11.3 Å². The Morgan fingerprint density at radius 2 is 1.76 bits per heavy atom. The number of ether oxygens (including phenoxy) is 1. The van der Waals surface area contributed by atoms with Crippen LogP contribution in [0.2, 0.25) is 0 Å². The number of thiazole rings is 1. The number of fused-ring (bicyclic) bond motifs is 2. The van der Waals surface area contributed by atoms with Crippen LogP contribution in [0.15, 0.2) is 12.3 Å². The van der Waals surface area contributed by atoms with Crippen molar-refractivity contribution < 1.29 is 40.7 Å². The molecule has 0 aromatic carbocycles. The number of aromatic nitrogens is 2. The highest BCUT2D eigenvalue weighted by Gasteiger charge is 2.45. The van der Waals surface area contributed by atoms with Crippen molar-refractivity contribution in [3.8, 4) is 10.4 Å². The molecule has 5 rings (SSSR count). The third-order valence-corrected chi connectivity index (χ3v) is 7.99. The number of nitrogens with zero attached hydrogens (tertiary/aromatic N) is 3. The Kier molecular flexibility index (Phi) is 7.00. The van der Waals surface area contributed by atoms with Gasteiger partial charge in [0, 0.05) is 30.5 Å². The summed E-state index contributed by atoms with van der Waals surface area (Å²) in [5.41, 5.74) is -2.13. The fourth-order valence-corrected chi connectivity index (χ4v) is 6.15. The van der Waals surface area contributed by atoms with Gasteiger partial charge >= 0.3 is 12.4 Å². The van der Waals surface area contributed by atoms with Gasteiger partial charge in [-0.25, -0.2) is 9.97 Å². The van der Waals surface area contributed by atoms with E-state index in [4.69, 9.17) is 4.74 Å². The number of amides is 2. The summed E-state index contributed by atoms with van der Waals surface area (Å²) >= 11 is 0.616. The molecule has 0 radical (unpaired) electrons. The van der Waals surface area contributed by atoms with E-state index in [9.17, 15) is 35.9 Å². The molecule has 2 aromatic rings. The molecule has 1 unspecified atom stereocenters. The van der Waals surface area contributed by atoms with Crippen LogP contribution in [0.3, 0.4) is 0 Å². The topological polar surface area (TPSA) is 96.4 Å². The van der Waals surface area contributed by atoms with E-state index in [1.807, 2.05) is 5.32 Å². The number of halogens is 6. The Labute approximate surface area is 216 Å². The van der Waals surface area contributed by atoms with Gasteiger partial charge in [-0.1, -0.05) is 0 Å². The lowest BCUT2D eigenvalue weighted by Gasteiger charge is -2.22. The first kappa shape index (κ1) is 26.7. The van der Waals surface area contributed by atoms with Crippen LogP contribution in [0.25, 0.3) is 10.4 Å². The molecule has 3 aliphatic rings. The van der Waals surface area contributed by atoms with Crippen molar-refractivity contribution in [3.63, 3.8) is 0 Å². The number of pyridine rings is 1. The second-order valence-corrected chi connectivity index (χ2v) is 10.5. The van der Waals surface area contributed by atoms with Gasteiger partial charge in [0.2, 0.25) is 0 Å². The van der Waals surface area contributed by atoms with E-state index in [1.165, 1.54) is 0 Å². The molecule has 2 N–H and O–H groups in total. The highest BCUT2D eigenvalue weighted by atomic mass is 32.1. The maximum atomic E-state index is 14.1. The van der Waals surface area contributed by atoms with Crippen LogP contribution in [0, 0.1) is 0 Å². The van der Waals surface area contributed by atoms with Crippen LogP contribution in [0.4, 0.5) is 32.2 Å². The second-order valence-electron chi connectivity index (χ2n) is 9.49. The van der Waals surface area contributed by atoms with E-state index >= 15 is 0 Å². The van der Waals surface area contributed by atoms with E-state index in [2.05, 4.69) is 15.3 Å². The molecule has 0 aliphatic carbocycles. The summed E-state index contributed by atoms with van der Waals surface area (Å²) in [5, 5.41) is 4.36. The number of hydrogen-bond acceptors (Lipinski definition) is 7. The van der Waals surface area contributed by atoms with Crippen LogP contribution in [0.1, 0.15) is 58.0 Å². The van der Waals surface area contributed by atoms with Gasteiger partial charge in [-0.2, -0.15) is 26.3 Å². The standard InChI is InChI=1S/C23H23F6N5O3S/c24-22(25,26)10-31-16-7-15(23(27,28)29)14(8-30-16)18-17(21(36)34-12-1-2-13(34)4-3-12)33-20(38-18)19(35)32-11-5-6-37-9-11/h7-8,11-13H,1-6,9-10H2,(H,30,31)(H,32,35). The summed E-state index contributed by atoms with van der Waals surface area (Å²) in [6.07, 6.45) is -5.23. The molecule has 206 valence electrons. The number of rotatable bonds is 6. The molecular weight excluding hydrogens is 540 g/mol. The zero-order valence-corrected chi connectivity index (χ0v) is 20.6. The Morgan fingerprint density at radius 1 is 1.08 bits per heavy atom. The molecule has 8 nitrogen and oxygen atoms in total. The first-order chi connectivity index (χ1) is 17.9. The fraction of sp³-hybridized carbons (Fsp3) is 0.565. The molecule has 2 bridgehead atoms. The molecule has 1 atom stereocenters. The van der Waals surface area contributed by atoms with Gasteiger partial charge in [-0.05, 0) is 38.2 Å². The third kappa shape index (κ3) is 5.44. The van der Waals surface area contributed by atoms with Crippen LogP contribution < -0.4 is 10.6 Å². The van der Waals surface area contributed by atoms with Gasteiger partial charge in [-0.15, -0.1) is 11.3 Å². The first-order valence-electron chi connectivity index (χ1n) is 12.0. The number of carbonyl (C=O) groups is 2. The normalized spacial score (nSPS) is 23.2. The molecule has 2 aromatic heterocycles. The zero-order chi connectivity index (χ0) is 27.2. The monoisotopic (exact) mass is 563 g/mol. The largest absolute Gasteiger partial charge is 0.417 e. The first-order valence-corrected chi connectivity index (χ1v) is 12.8. The van der Waals surface area contributed by atoms with Crippen LogP contribution in [0.5, 0.6) is 0 Å². The number of alkyl halides is 6. The number of hydrogen-bond donors (Lipinski definition) is 2. The predicted octanol–water partition coefficient (Wildman–Crippen LogP) is 4.48. The van der Waals surface area contributed by atoms with Crippen molar-refractivity contribution in [3.05, 3.63) is 28.5 Å². The molecular formula is C23H23F6N5O3S. The van der Waals surface area contributed by atoms with E-state index in [0.717, 1.165) is 31.9 Å². The smallest absolute Gasteiger partial charge is 0.379 e. The van der Waals surface area contributed by atoms with E-state index < -0.39 is 47.7 Å². The lowest BCUT2D eigenvalue weighted by Crippen LogP contribution is -2.36. The van der Waals surface area contributed by atoms with E-state index in [1.54, 1.807) is 4.90 Å². The minimum absolute atomic E-state index is 0.0517. The quantitative estimate of drug-likeness (QED) is 0.504. The van der Waals surface area contributed by atoms with Gasteiger partial charge in [0.1, 0.15) is 18.1 Å². The average molecular weight is 564 g/mol. The molecule has 3 saturated heterocycles. The average Bonchev–Trinajstić information content (AvgIpc) is 3.65. The summed E-state index contributed by atoms with van der Waals surface area (Å²) in [4.78, 5) is 35.9. The molecule has 3 fully saturated rings. The van der Waals surface area contributed by atoms with Gasteiger partial charge in [-0.3, -0.25) is 9.59 Å². The summed E-state index contributed by atoms with van der Waals surface area (Å²) in [7, 11) is 0. The summed E-state index contributed by atoms with van der Waals surface area (Å²) < 4.78 is 85.3. The van der Waals surface area contributed by atoms with E-state index in [-0.39, 0.29) is 40.3 Å². The van der Waals surface area contributed by atoms with Gasteiger partial charge in [0.15, 0.2) is 5.01 Å². The summed E-state index contributed by atoms with van der Waals surface area (Å²) in [6.45, 7) is -0.847. The van der Waals surface area contributed by atoms with Crippen molar-refractivity contribution in [1.82, 2.24) is 20.2 Å². The summed E-state index contributed by atoms with van der Waals surface area (Å²) in [5.74, 6) is -1.86. The van der Waals surface area contributed by atoms with Crippen molar-refractivity contribution in [2.75, 3.05) is 25.1 Å². The Hall–Kier alpha value is -2.94. The Bertz CT molecular complexity index is 1210. The lowest BCUT2D eigenvalue weighted by molar-refractivity contribution is -0.137. The molecule has 3 aliphatic heterocycles. The van der Waals surface area contributed by atoms with E-state index in [0.29, 0.717) is 30.4 Å². The molecule has 0 spiro atoms. The van der Waals surface area contributed by atoms with Crippen molar-refractivity contribution in [2.24, 2.45) is 0 Å². The van der Waals surface area contributed by atoms with Crippen LogP contribution in [-0.4, -0.2) is 70.7 Å². The molecule has 2 amide bonds. The minimum Gasteiger partial charge on any atom is -0.379 e. The van der Waals surface area contributed by atoms with Gasteiger partial charge < -0.3 is 20.3 Å². The maximum absolute atomic E-state index is 14.1. The Balaban J connectivity index is 1.55. The van der Waals surface area contributed by atoms with Gasteiger partial charge in [0.25, 0.3) is 11.8 Å². The Morgan fingerprint density at radius 3 is 2.34 bits per heavy atom. The molecule has 15 heteroatoms. The molecule has 0 saturated carbocycles.